The molecule has 0 aliphatic rings. The number of benzene rings is 1. The van der Waals surface area contributed by atoms with Crippen LogP contribution in [-0.2, 0) is 4.79 Å². The van der Waals surface area contributed by atoms with Gasteiger partial charge in [-0.2, -0.15) is 0 Å². The zero-order valence-electron chi connectivity index (χ0n) is 15.0. The minimum atomic E-state index is -0.283. The van der Waals surface area contributed by atoms with Crippen LogP contribution in [0.15, 0.2) is 29.6 Å². The Morgan fingerprint density at radius 2 is 1.85 bits per heavy atom. The third kappa shape index (κ3) is 6.20. The number of alkyl halides is 1. The predicted molar refractivity (Wildman–Crippen MR) is 110 cm³/mol. The van der Waals surface area contributed by atoms with Crippen molar-refractivity contribution >= 4 is 46.4 Å². The van der Waals surface area contributed by atoms with Crippen molar-refractivity contribution < 1.29 is 9.18 Å². The first-order chi connectivity index (χ1) is 12.1. The Morgan fingerprint density at radius 1 is 1.19 bits per heavy atom. The number of hydrogen-bond acceptors (Lipinski definition) is 4. The number of nitrogens with zero attached hydrogens (tertiary/aromatic N) is 3. The number of aromatic nitrogens is 1. The van der Waals surface area contributed by atoms with E-state index in [1.165, 1.54) is 23.5 Å². The van der Waals surface area contributed by atoms with E-state index >= 15 is 0 Å². The molecular weight excluding hydrogens is 396 g/mol. The average molecular weight is 420 g/mol. The van der Waals surface area contributed by atoms with E-state index in [-0.39, 0.29) is 30.0 Å². The van der Waals surface area contributed by atoms with Crippen LogP contribution < -0.4 is 4.90 Å². The summed E-state index contributed by atoms with van der Waals surface area (Å²) in [7, 11) is 0. The van der Waals surface area contributed by atoms with Crippen LogP contribution in [0.2, 0.25) is 0 Å². The Bertz CT molecular complexity index is 677. The lowest BCUT2D eigenvalue weighted by molar-refractivity contribution is -0.116. The standard InChI is InChI=1S/C18H23ClFN3OS.ClH/c1-3-22(4-2)10-5-11-23(17(24)12-19)18-21-16(13-25-18)14-6-8-15(20)9-7-14;/h6-9,13H,3-5,10-12H2,1-2H3;1H. The highest BCUT2D eigenvalue weighted by molar-refractivity contribution is 7.14. The first-order valence-corrected chi connectivity index (χ1v) is 9.80. The Hall–Kier alpha value is -1.21. The Balaban J connectivity index is 0.00000338. The Morgan fingerprint density at radius 3 is 2.42 bits per heavy atom. The Kier molecular flexibility index (Phi) is 10.1. The van der Waals surface area contributed by atoms with Crippen LogP contribution in [0.5, 0.6) is 0 Å². The molecule has 1 heterocycles. The second-order valence-electron chi connectivity index (χ2n) is 5.58. The number of hydrogen-bond donors (Lipinski definition) is 0. The van der Waals surface area contributed by atoms with Crippen LogP contribution in [0.25, 0.3) is 11.3 Å². The molecule has 0 atom stereocenters. The molecule has 0 spiro atoms. The van der Waals surface area contributed by atoms with Gasteiger partial charge in [0.25, 0.3) is 0 Å². The van der Waals surface area contributed by atoms with Crippen molar-refractivity contribution in [2.75, 3.05) is 37.0 Å². The number of rotatable bonds is 9. The van der Waals surface area contributed by atoms with Crippen molar-refractivity contribution in [1.82, 2.24) is 9.88 Å². The second-order valence-corrected chi connectivity index (χ2v) is 6.69. The first-order valence-electron chi connectivity index (χ1n) is 8.39. The highest BCUT2D eigenvalue weighted by atomic mass is 35.5. The molecule has 0 aliphatic heterocycles. The van der Waals surface area contributed by atoms with E-state index in [9.17, 15) is 9.18 Å². The maximum atomic E-state index is 13.1. The van der Waals surface area contributed by atoms with E-state index in [2.05, 4.69) is 23.7 Å². The smallest absolute Gasteiger partial charge is 0.243 e. The molecule has 0 radical (unpaired) electrons. The number of thiazole rings is 1. The summed E-state index contributed by atoms with van der Waals surface area (Å²) in [6.07, 6.45) is 0.857. The lowest BCUT2D eigenvalue weighted by Crippen LogP contribution is -2.35. The lowest BCUT2D eigenvalue weighted by atomic mass is 10.2. The normalized spacial score (nSPS) is 10.7. The maximum absolute atomic E-state index is 13.1. The predicted octanol–water partition coefficient (Wildman–Crippen LogP) is 4.67. The van der Waals surface area contributed by atoms with Crippen LogP contribution in [0.3, 0.4) is 0 Å². The van der Waals surface area contributed by atoms with Gasteiger partial charge in [-0.3, -0.25) is 9.69 Å². The molecule has 1 aromatic heterocycles. The van der Waals surface area contributed by atoms with Gasteiger partial charge in [0.1, 0.15) is 11.7 Å². The topological polar surface area (TPSA) is 36.4 Å². The van der Waals surface area contributed by atoms with Crippen LogP contribution in [0.1, 0.15) is 20.3 Å². The van der Waals surface area contributed by atoms with E-state index in [0.717, 1.165) is 37.3 Å². The SMILES string of the molecule is CCN(CC)CCCN(C(=O)CCl)c1nc(-c2ccc(F)cc2)cs1.Cl. The molecular formula is C18H24Cl2FN3OS. The molecule has 4 nitrogen and oxygen atoms in total. The van der Waals surface area contributed by atoms with E-state index in [1.54, 1.807) is 17.0 Å². The number of carbonyl (C=O) groups is 1. The summed E-state index contributed by atoms with van der Waals surface area (Å²) in [6, 6.07) is 6.17. The van der Waals surface area contributed by atoms with Crippen LogP contribution in [0.4, 0.5) is 9.52 Å². The fraction of sp³-hybridized carbons (Fsp3) is 0.444. The van der Waals surface area contributed by atoms with E-state index < -0.39 is 0 Å². The molecule has 0 aliphatic carbocycles. The summed E-state index contributed by atoms with van der Waals surface area (Å²) < 4.78 is 13.1. The fourth-order valence-electron chi connectivity index (χ4n) is 2.53. The molecule has 144 valence electrons. The van der Waals surface area contributed by atoms with Crippen molar-refractivity contribution in [2.45, 2.75) is 20.3 Å². The molecule has 0 bridgehead atoms. The molecule has 0 saturated carbocycles. The van der Waals surface area contributed by atoms with Gasteiger partial charge in [-0.05, 0) is 50.3 Å². The number of carbonyl (C=O) groups excluding carboxylic acids is 1. The molecule has 1 aromatic carbocycles. The van der Waals surface area contributed by atoms with Gasteiger partial charge < -0.3 is 4.90 Å². The van der Waals surface area contributed by atoms with Gasteiger partial charge in [0.05, 0.1) is 5.69 Å². The van der Waals surface area contributed by atoms with Crippen molar-refractivity contribution in [1.29, 1.82) is 0 Å². The number of halogens is 3. The van der Waals surface area contributed by atoms with Crippen molar-refractivity contribution in [2.24, 2.45) is 0 Å². The first kappa shape index (κ1) is 22.8. The molecule has 8 heteroatoms. The van der Waals surface area contributed by atoms with Crippen molar-refractivity contribution in [3.05, 3.63) is 35.5 Å². The highest BCUT2D eigenvalue weighted by Crippen LogP contribution is 2.28. The van der Waals surface area contributed by atoms with E-state index in [1.807, 2.05) is 5.38 Å². The molecule has 0 fully saturated rings. The molecule has 1 amide bonds. The third-order valence-corrected chi connectivity index (χ3v) is 5.12. The number of amides is 1. The van der Waals surface area contributed by atoms with Gasteiger partial charge >= 0.3 is 0 Å². The van der Waals surface area contributed by atoms with Crippen LogP contribution in [0, 0.1) is 5.82 Å². The average Bonchev–Trinajstić information content (AvgIpc) is 3.11. The minimum absolute atomic E-state index is 0. The third-order valence-electron chi connectivity index (χ3n) is 4.03. The summed E-state index contributed by atoms with van der Waals surface area (Å²) in [6.45, 7) is 7.74. The molecule has 26 heavy (non-hydrogen) atoms. The molecule has 2 aromatic rings. The minimum Gasteiger partial charge on any atom is -0.304 e. The summed E-state index contributed by atoms with van der Waals surface area (Å²) in [4.78, 5) is 20.7. The summed E-state index contributed by atoms with van der Waals surface area (Å²) in [5.41, 5.74) is 1.56. The molecule has 0 unspecified atom stereocenters. The summed E-state index contributed by atoms with van der Waals surface area (Å²) in [5, 5.41) is 2.51. The van der Waals surface area contributed by atoms with Gasteiger partial charge in [0.2, 0.25) is 5.91 Å². The monoisotopic (exact) mass is 419 g/mol. The largest absolute Gasteiger partial charge is 0.304 e. The van der Waals surface area contributed by atoms with E-state index in [4.69, 9.17) is 11.6 Å². The molecule has 0 N–H and O–H groups in total. The van der Waals surface area contributed by atoms with Crippen molar-refractivity contribution in [3.63, 3.8) is 0 Å². The lowest BCUT2D eigenvalue weighted by Gasteiger charge is -2.22. The Labute approximate surface area is 169 Å². The summed E-state index contributed by atoms with van der Waals surface area (Å²) >= 11 is 7.17. The van der Waals surface area contributed by atoms with Gasteiger partial charge in [0, 0.05) is 17.5 Å². The quantitative estimate of drug-likeness (QED) is 0.553. The van der Waals surface area contributed by atoms with Gasteiger partial charge in [-0.1, -0.05) is 13.8 Å². The van der Waals surface area contributed by atoms with Gasteiger partial charge in [0.15, 0.2) is 5.13 Å². The number of anilines is 1. The molecule has 2 rings (SSSR count). The van der Waals surface area contributed by atoms with Gasteiger partial charge in [-0.25, -0.2) is 9.37 Å². The highest BCUT2D eigenvalue weighted by Gasteiger charge is 2.18. The summed E-state index contributed by atoms with van der Waals surface area (Å²) in [5.74, 6) is -0.507. The zero-order valence-corrected chi connectivity index (χ0v) is 17.3. The zero-order chi connectivity index (χ0) is 18.2. The van der Waals surface area contributed by atoms with Crippen LogP contribution >= 0.6 is 35.3 Å². The second kappa shape index (κ2) is 11.5. The van der Waals surface area contributed by atoms with Crippen molar-refractivity contribution in [3.8, 4) is 11.3 Å². The fourth-order valence-corrected chi connectivity index (χ4v) is 3.55. The molecule has 0 saturated heterocycles. The maximum Gasteiger partial charge on any atom is 0.243 e. The van der Waals surface area contributed by atoms with E-state index in [0.29, 0.717) is 11.7 Å². The van der Waals surface area contributed by atoms with Gasteiger partial charge in [-0.15, -0.1) is 35.3 Å². The van der Waals surface area contributed by atoms with Crippen LogP contribution in [-0.4, -0.2) is 47.9 Å².